The Morgan fingerprint density at radius 1 is 1.15 bits per heavy atom. The lowest BCUT2D eigenvalue weighted by molar-refractivity contribution is 0.0463. The van der Waals surface area contributed by atoms with Crippen LogP contribution in [0.2, 0.25) is 0 Å². The third-order valence-corrected chi connectivity index (χ3v) is 6.52. The summed E-state index contributed by atoms with van der Waals surface area (Å²) >= 11 is 2.84. The van der Waals surface area contributed by atoms with Crippen molar-refractivity contribution >= 4 is 29.1 Å². The molecule has 0 saturated carbocycles. The molecule has 4 rings (SSSR count). The van der Waals surface area contributed by atoms with Gasteiger partial charge in [0.05, 0.1) is 36.7 Å². The maximum Gasteiger partial charge on any atom is 0.341 e. The van der Waals surface area contributed by atoms with Crippen molar-refractivity contribution in [3.63, 3.8) is 0 Å². The van der Waals surface area contributed by atoms with E-state index in [1.807, 2.05) is 36.6 Å². The van der Waals surface area contributed by atoms with Crippen molar-refractivity contribution in [2.24, 2.45) is 0 Å². The van der Waals surface area contributed by atoms with Crippen molar-refractivity contribution < 1.29 is 23.5 Å². The molecular formula is C23H21N3O5S2. The molecule has 33 heavy (non-hydrogen) atoms. The van der Waals surface area contributed by atoms with E-state index in [1.54, 1.807) is 32.5 Å². The lowest BCUT2D eigenvalue weighted by Crippen LogP contribution is -2.08. The minimum atomic E-state index is -0.463. The number of thiazole rings is 1. The zero-order valence-electron chi connectivity index (χ0n) is 18.2. The number of rotatable bonds is 9. The summed E-state index contributed by atoms with van der Waals surface area (Å²) in [6.07, 6.45) is 1.64. The topological polar surface area (TPSA) is 96.6 Å². The number of thioether (sulfide) groups is 1. The molecule has 0 aliphatic carbocycles. The van der Waals surface area contributed by atoms with Gasteiger partial charge in [-0.25, -0.2) is 14.8 Å². The van der Waals surface area contributed by atoms with Gasteiger partial charge in [-0.05, 0) is 31.2 Å². The largest absolute Gasteiger partial charge is 0.493 e. The lowest BCUT2D eigenvalue weighted by atomic mass is 10.2. The number of hydrogen-bond donors (Lipinski definition) is 0. The molecule has 0 spiro atoms. The molecule has 0 radical (unpaired) electrons. The Morgan fingerprint density at radius 3 is 2.79 bits per heavy atom. The predicted molar refractivity (Wildman–Crippen MR) is 125 cm³/mol. The maximum absolute atomic E-state index is 12.7. The average Bonchev–Trinajstić information content (AvgIpc) is 3.49. The van der Waals surface area contributed by atoms with E-state index >= 15 is 0 Å². The summed E-state index contributed by atoms with van der Waals surface area (Å²) in [5, 5.41) is 7.14. The summed E-state index contributed by atoms with van der Waals surface area (Å²) in [6, 6.07) is 10.9. The third kappa shape index (κ3) is 5.35. The molecule has 0 amide bonds. The molecular weight excluding hydrogens is 462 g/mol. The summed E-state index contributed by atoms with van der Waals surface area (Å²) in [5.41, 5.74) is 2.64. The number of carbonyl (C=O) groups is 1. The number of ether oxygens (including phenoxy) is 3. The van der Waals surface area contributed by atoms with Crippen molar-refractivity contribution in [2.75, 3.05) is 14.2 Å². The molecule has 4 aromatic rings. The molecule has 0 N–H and O–H groups in total. The first-order valence-corrected chi connectivity index (χ1v) is 11.8. The van der Waals surface area contributed by atoms with Crippen LogP contribution in [0, 0.1) is 6.92 Å². The Balaban J connectivity index is 1.43. The van der Waals surface area contributed by atoms with Crippen LogP contribution >= 0.6 is 23.1 Å². The number of aryl methyl sites for hydroxylation is 1. The molecule has 0 bridgehead atoms. The number of benzene rings is 1. The first-order valence-electron chi connectivity index (χ1n) is 9.92. The van der Waals surface area contributed by atoms with Gasteiger partial charge in [0.1, 0.15) is 22.4 Å². The third-order valence-electron chi connectivity index (χ3n) is 4.56. The Morgan fingerprint density at radius 2 is 2.03 bits per heavy atom. The van der Waals surface area contributed by atoms with Crippen molar-refractivity contribution in [3.8, 4) is 22.1 Å². The van der Waals surface area contributed by atoms with Crippen LogP contribution in [0.25, 0.3) is 10.6 Å². The van der Waals surface area contributed by atoms with Gasteiger partial charge in [-0.3, -0.25) is 0 Å². The van der Waals surface area contributed by atoms with E-state index in [0.717, 1.165) is 22.0 Å². The van der Waals surface area contributed by atoms with E-state index in [4.69, 9.17) is 18.7 Å². The van der Waals surface area contributed by atoms with Crippen LogP contribution in [0.5, 0.6) is 11.5 Å². The van der Waals surface area contributed by atoms with Crippen molar-refractivity contribution in [2.45, 2.75) is 24.3 Å². The highest BCUT2D eigenvalue weighted by atomic mass is 32.2. The van der Waals surface area contributed by atoms with Crippen molar-refractivity contribution in [1.29, 1.82) is 0 Å². The number of hydrogen-bond acceptors (Lipinski definition) is 10. The van der Waals surface area contributed by atoms with Gasteiger partial charge in [0.25, 0.3) is 0 Å². The number of carbonyl (C=O) groups excluding carboxylic acids is 1. The fourth-order valence-corrected chi connectivity index (χ4v) is 4.75. The molecule has 0 aliphatic rings. The van der Waals surface area contributed by atoms with E-state index in [2.05, 4.69) is 15.1 Å². The fraction of sp³-hybridized carbons (Fsp3) is 0.217. The van der Waals surface area contributed by atoms with Crippen molar-refractivity contribution in [3.05, 3.63) is 70.7 Å². The summed E-state index contributed by atoms with van der Waals surface area (Å²) in [7, 11) is 3.18. The Bertz CT molecular complexity index is 1250. The van der Waals surface area contributed by atoms with Crippen LogP contribution in [0.4, 0.5) is 0 Å². The minimum Gasteiger partial charge on any atom is -0.493 e. The quantitative estimate of drug-likeness (QED) is 0.236. The maximum atomic E-state index is 12.7. The number of aromatic nitrogens is 3. The van der Waals surface area contributed by atoms with Gasteiger partial charge in [0, 0.05) is 23.4 Å². The highest BCUT2D eigenvalue weighted by Gasteiger charge is 2.18. The second-order valence-corrected chi connectivity index (χ2v) is 8.66. The monoisotopic (exact) mass is 483 g/mol. The summed E-state index contributed by atoms with van der Waals surface area (Å²) in [5.74, 6) is 2.04. The van der Waals surface area contributed by atoms with Crippen LogP contribution in [-0.2, 0) is 17.1 Å². The van der Waals surface area contributed by atoms with E-state index in [1.165, 1.54) is 23.1 Å². The van der Waals surface area contributed by atoms with E-state index in [0.29, 0.717) is 33.5 Å². The number of pyridine rings is 1. The van der Waals surface area contributed by atoms with Gasteiger partial charge >= 0.3 is 5.97 Å². The molecule has 3 aromatic heterocycles. The van der Waals surface area contributed by atoms with E-state index in [9.17, 15) is 4.79 Å². The number of para-hydroxylation sites is 1. The molecule has 0 unspecified atom stereocenters. The minimum absolute atomic E-state index is 0.0447. The normalized spacial score (nSPS) is 10.8. The number of esters is 1. The van der Waals surface area contributed by atoms with Crippen molar-refractivity contribution in [1.82, 2.24) is 15.1 Å². The second-order valence-electron chi connectivity index (χ2n) is 6.83. The van der Waals surface area contributed by atoms with Gasteiger partial charge < -0.3 is 18.7 Å². The Kier molecular flexibility index (Phi) is 7.26. The second kappa shape index (κ2) is 10.5. The smallest absolute Gasteiger partial charge is 0.341 e. The Hall–Kier alpha value is -3.37. The summed E-state index contributed by atoms with van der Waals surface area (Å²) < 4.78 is 21.5. The van der Waals surface area contributed by atoms with Gasteiger partial charge in [0.15, 0.2) is 11.5 Å². The number of nitrogens with zero attached hydrogens (tertiary/aromatic N) is 3. The molecule has 0 fully saturated rings. The predicted octanol–water partition coefficient (Wildman–Crippen LogP) is 5.17. The zero-order chi connectivity index (χ0) is 23.2. The van der Waals surface area contributed by atoms with Gasteiger partial charge in [0.2, 0.25) is 0 Å². The zero-order valence-corrected chi connectivity index (χ0v) is 19.9. The summed E-state index contributed by atoms with van der Waals surface area (Å²) in [6.45, 7) is 1.88. The molecule has 8 nitrogen and oxygen atoms in total. The highest BCUT2D eigenvalue weighted by molar-refractivity contribution is 7.98. The van der Waals surface area contributed by atoms with Gasteiger partial charge in [-0.15, -0.1) is 11.3 Å². The molecule has 170 valence electrons. The van der Waals surface area contributed by atoms with Crippen LogP contribution in [0.1, 0.15) is 27.5 Å². The molecule has 0 aliphatic heterocycles. The molecule has 0 atom stereocenters. The van der Waals surface area contributed by atoms with Gasteiger partial charge in [-0.1, -0.05) is 23.0 Å². The van der Waals surface area contributed by atoms with Gasteiger partial charge in [-0.2, -0.15) is 0 Å². The number of methoxy groups -OCH3 is 2. The molecule has 1 aromatic carbocycles. The van der Waals surface area contributed by atoms with E-state index < -0.39 is 5.97 Å². The first kappa shape index (κ1) is 22.8. The molecule has 10 heteroatoms. The van der Waals surface area contributed by atoms with Crippen LogP contribution in [-0.4, -0.2) is 35.3 Å². The van der Waals surface area contributed by atoms with E-state index in [-0.39, 0.29) is 6.61 Å². The average molecular weight is 484 g/mol. The fourth-order valence-electron chi connectivity index (χ4n) is 3.06. The standard InChI is InChI=1S/C23H21N3O5S2/c1-14-10-15(26-31-14)12-32-21-18(7-5-9-24-21)23(27)30-11-16-13-33-22(25-16)17-6-4-8-19(28-2)20(17)29-3/h4-10,13H,11-12H2,1-3H3. The molecule has 0 saturated heterocycles. The molecule has 3 heterocycles. The SMILES string of the molecule is COc1cccc(-c2nc(COC(=O)c3cccnc3SCc3cc(C)on3)cs2)c1OC. The van der Waals surface area contributed by atoms with Crippen LogP contribution < -0.4 is 9.47 Å². The Labute approximate surface area is 198 Å². The lowest BCUT2D eigenvalue weighted by Gasteiger charge is -2.10. The van der Waals surface area contributed by atoms with Crippen LogP contribution in [0.3, 0.4) is 0 Å². The highest BCUT2D eigenvalue weighted by Crippen LogP contribution is 2.39. The van der Waals surface area contributed by atoms with Crippen LogP contribution in [0.15, 0.2) is 57.5 Å². The first-order chi connectivity index (χ1) is 16.1. The summed E-state index contributed by atoms with van der Waals surface area (Å²) in [4.78, 5) is 21.7.